The molecule has 0 saturated heterocycles. The number of aryl methyl sites for hydroxylation is 2. The van der Waals surface area contributed by atoms with E-state index in [1.807, 2.05) is 37.4 Å². The number of aromatic nitrogens is 1. The fourth-order valence-electron chi connectivity index (χ4n) is 2.56. The SMILES string of the molecule is Cc1ccccc1CN(C)C(=O)CCc1nc2ccccc2s1. The van der Waals surface area contributed by atoms with E-state index >= 15 is 0 Å². The maximum absolute atomic E-state index is 12.3. The molecule has 0 bridgehead atoms. The molecule has 3 rings (SSSR count). The van der Waals surface area contributed by atoms with Crippen molar-refractivity contribution in [3.8, 4) is 0 Å². The molecule has 0 aliphatic heterocycles. The second-order valence-corrected chi connectivity index (χ2v) is 6.87. The van der Waals surface area contributed by atoms with E-state index in [0.717, 1.165) is 10.5 Å². The van der Waals surface area contributed by atoms with Crippen LogP contribution < -0.4 is 0 Å². The second kappa shape index (κ2) is 6.92. The quantitative estimate of drug-likeness (QED) is 0.705. The number of hydrogen-bond acceptors (Lipinski definition) is 3. The van der Waals surface area contributed by atoms with Crippen molar-refractivity contribution >= 4 is 27.5 Å². The van der Waals surface area contributed by atoms with Gasteiger partial charge in [0.15, 0.2) is 0 Å². The lowest BCUT2D eigenvalue weighted by Gasteiger charge is -2.18. The van der Waals surface area contributed by atoms with Crippen molar-refractivity contribution < 1.29 is 4.79 Å². The monoisotopic (exact) mass is 324 g/mol. The van der Waals surface area contributed by atoms with Crippen molar-refractivity contribution in [2.45, 2.75) is 26.3 Å². The lowest BCUT2D eigenvalue weighted by molar-refractivity contribution is -0.130. The molecule has 0 radical (unpaired) electrons. The van der Waals surface area contributed by atoms with Crippen molar-refractivity contribution in [3.05, 3.63) is 64.7 Å². The molecule has 3 nitrogen and oxygen atoms in total. The maximum Gasteiger partial charge on any atom is 0.223 e. The highest BCUT2D eigenvalue weighted by Crippen LogP contribution is 2.22. The Morgan fingerprint density at radius 1 is 1.13 bits per heavy atom. The second-order valence-electron chi connectivity index (χ2n) is 5.75. The van der Waals surface area contributed by atoms with Crippen LogP contribution in [0.15, 0.2) is 48.5 Å². The van der Waals surface area contributed by atoms with Gasteiger partial charge >= 0.3 is 0 Å². The number of hydrogen-bond donors (Lipinski definition) is 0. The number of fused-ring (bicyclic) bond motifs is 1. The van der Waals surface area contributed by atoms with Crippen molar-refractivity contribution in [1.29, 1.82) is 0 Å². The first-order chi connectivity index (χ1) is 11.1. The van der Waals surface area contributed by atoms with Gasteiger partial charge in [0.05, 0.1) is 15.2 Å². The number of rotatable bonds is 5. The number of para-hydroxylation sites is 1. The highest BCUT2D eigenvalue weighted by Gasteiger charge is 2.12. The Morgan fingerprint density at radius 2 is 1.87 bits per heavy atom. The summed E-state index contributed by atoms with van der Waals surface area (Å²) in [4.78, 5) is 18.7. The van der Waals surface area contributed by atoms with Crippen molar-refractivity contribution in [2.75, 3.05) is 7.05 Å². The van der Waals surface area contributed by atoms with Gasteiger partial charge in [0.1, 0.15) is 0 Å². The summed E-state index contributed by atoms with van der Waals surface area (Å²) in [7, 11) is 1.87. The average Bonchev–Trinajstić information content (AvgIpc) is 2.97. The Balaban J connectivity index is 1.59. The summed E-state index contributed by atoms with van der Waals surface area (Å²) in [5.74, 6) is 0.160. The molecule has 0 unspecified atom stereocenters. The van der Waals surface area contributed by atoms with Crippen LogP contribution >= 0.6 is 11.3 Å². The minimum absolute atomic E-state index is 0.160. The molecule has 1 aromatic heterocycles. The van der Waals surface area contributed by atoms with Gasteiger partial charge in [0.25, 0.3) is 0 Å². The van der Waals surface area contributed by atoms with Crippen molar-refractivity contribution in [1.82, 2.24) is 9.88 Å². The van der Waals surface area contributed by atoms with Gasteiger partial charge in [-0.05, 0) is 30.2 Å². The molecule has 0 aliphatic rings. The molecule has 23 heavy (non-hydrogen) atoms. The van der Waals surface area contributed by atoms with Crippen LogP contribution in [0.1, 0.15) is 22.6 Å². The summed E-state index contributed by atoms with van der Waals surface area (Å²) in [5.41, 5.74) is 3.44. The summed E-state index contributed by atoms with van der Waals surface area (Å²) in [6.07, 6.45) is 1.21. The molecule has 1 amide bonds. The van der Waals surface area contributed by atoms with Crippen LogP contribution in [-0.2, 0) is 17.8 Å². The van der Waals surface area contributed by atoms with Crippen LogP contribution in [0.4, 0.5) is 0 Å². The molecule has 0 spiro atoms. The van der Waals surface area contributed by atoms with E-state index in [1.54, 1.807) is 16.2 Å². The molecule has 0 aliphatic carbocycles. The molecular weight excluding hydrogens is 304 g/mol. The zero-order chi connectivity index (χ0) is 16.2. The molecule has 0 N–H and O–H groups in total. The molecule has 0 fully saturated rings. The molecule has 4 heteroatoms. The van der Waals surface area contributed by atoms with E-state index in [-0.39, 0.29) is 5.91 Å². The van der Waals surface area contributed by atoms with Crippen LogP contribution in [0.3, 0.4) is 0 Å². The molecule has 0 atom stereocenters. The Labute approximate surface area is 140 Å². The topological polar surface area (TPSA) is 33.2 Å². The van der Waals surface area contributed by atoms with E-state index < -0.39 is 0 Å². The first-order valence-electron chi connectivity index (χ1n) is 7.76. The minimum atomic E-state index is 0.160. The van der Waals surface area contributed by atoms with Gasteiger partial charge in [0, 0.05) is 26.4 Å². The van der Waals surface area contributed by atoms with Crippen LogP contribution in [0.2, 0.25) is 0 Å². The highest BCUT2D eigenvalue weighted by molar-refractivity contribution is 7.18. The summed E-state index contributed by atoms with van der Waals surface area (Å²) in [6.45, 7) is 2.74. The van der Waals surface area contributed by atoms with E-state index in [0.29, 0.717) is 19.4 Å². The third-order valence-electron chi connectivity index (χ3n) is 3.99. The fourth-order valence-corrected chi connectivity index (χ4v) is 3.53. The maximum atomic E-state index is 12.3. The molecular formula is C19H20N2OS. The standard InChI is InChI=1S/C19H20N2OS/c1-14-7-3-4-8-15(14)13-21(2)19(22)12-11-18-20-16-9-5-6-10-17(16)23-18/h3-10H,11-13H2,1-2H3. The molecule has 118 valence electrons. The number of carbonyl (C=O) groups excluding carboxylic acids is 1. The van der Waals surface area contributed by atoms with Gasteiger partial charge in [0.2, 0.25) is 5.91 Å². The van der Waals surface area contributed by atoms with Gasteiger partial charge in [-0.1, -0.05) is 36.4 Å². The van der Waals surface area contributed by atoms with Gasteiger partial charge in [-0.15, -0.1) is 11.3 Å². The molecule has 2 aromatic carbocycles. The average molecular weight is 324 g/mol. The Morgan fingerprint density at radius 3 is 2.65 bits per heavy atom. The molecule has 1 heterocycles. The molecule has 3 aromatic rings. The molecule has 0 saturated carbocycles. The number of nitrogens with zero attached hydrogens (tertiary/aromatic N) is 2. The number of amides is 1. The first-order valence-corrected chi connectivity index (χ1v) is 8.58. The third-order valence-corrected chi connectivity index (χ3v) is 5.08. The Kier molecular flexibility index (Phi) is 4.72. The number of thiazole rings is 1. The van der Waals surface area contributed by atoms with Gasteiger partial charge in [-0.3, -0.25) is 4.79 Å². The number of carbonyl (C=O) groups is 1. The lowest BCUT2D eigenvalue weighted by Crippen LogP contribution is -2.26. The lowest BCUT2D eigenvalue weighted by atomic mass is 10.1. The minimum Gasteiger partial charge on any atom is -0.341 e. The van der Waals surface area contributed by atoms with Crippen LogP contribution in [-0.4, -0.2) is 22.8 Å². The predicted octanol–water partition coefficient (Wildman–Crippen LogP) is 4.20. The zero-order valence-electron chi connectivity index (χ0n) is 13.5. The van der Waals surface area contributed by atoms with Gasteiger partial charge < -0.3 is 4.90 Å². The fraction of sp³-hybridized carbons (Fsp3) is 0.263. The zero-order valence-corrected chi connectivity index (χ0v) is 14.3. The van der Waals surface area contributed by atoms with Crippen molar-refractivity contribution in [3.63, 3.8) is 0 Å². The summed E-state index contributed by atoms with van der Waals surface area (Å²) >= 11 is 1.68. The van der Waals surface area contributed by atoms with Gasteiger partial charge in [-0.2, -0.15) is 0 Å². The predicted molar refractivity (Wildman–Crippen MR) is 95.6 cm³/mol. The summed E-state index contributed by atoms with van der Waals surface area (Å²) in [5, 5.41) is 1.03. The van der Waals surface area contributed by atoms with Crippen molar-refractivity contribution in [2.24, 2.45) is 0 Å². The normalized spacial score (nSPS) is 10.9. The van der Waals surface area contributed by atoms with Crippen LogP contribution in [0, 0.1) is 6.92 Å². The highest BCUT2D eigenvalue weighted by atomic mass is 32.1. The number of benzene rings is 2. The largest absolute Gasteiger partial charge is 0.341 e. The Hall–Kier alpha value is -2.20. The summed E-state index contributed by atoms with van der Waals surface area (Å²) in [6, 6.07) is 16.3. The van der Waals surface area contributed by atoms with E-state index in [4.69, 9.17) is 0 Å². The first kappa shape index (κ1) is 15.7. The summed E-state index contributed by atoms with van der Waals surface area (Å²) < 4.78 is 1.18. The van der Waals surface area contributed by atoms with Crippen LogP contribution in [0.5, 0.6) is 0 Å². The van der Waals surface area contributed by atoms with Crippen LogP contribution in [0.25, 0.3) is 10.2 Å². The smallest absolute Gasteiger partial charge is 0.223 e. The van der Waals surface area contributed by atoms with Gasteiger partial charge in [-0.25, -0.2) is 4.98 Å². The Bertz CT molecular complexity index is 792. The van der Waals surface area contributed by atoms with E-state index in [9.17, 15) is 4.79 Å². The third kappa shape index (κ3) is 3.77. The van der Waals surface area contributed by atoms with E-state index in [2.05, 4.69) is 30.1 Å². The van der Waals surface area contributed by atoms with E-state index in [1.165, 1.54) is 15.8 Å².